The maximum Gasteiger partial charge on any atom is 0.163 e. The van der Waals surface area contributed by atoms with Crippen LogP contribution < -0.4 is 10.1 Å². The molecule has 0 aliphatic carbocycles. The van der Waals surface area contributed by atoms with E-state index in [-0.39, 0.29) is 17.4 Å². The zero-order valence-electron chi connectivity index (χ0n) is 10.6. The molecule has 1 N–H and O–H groups in total. The first-order valence-corrected chi connectivity index (χ1v) is 5.59. The lowest BCUT2D eigenvalue weighted by Gasteiger charge is -2.14. The van der Waals surface area contributed by atoms with Crippen LogP contribution in [0.25, 0.3) is 0 Å². The number of anilines is 1. The maximum absolute atomic E-state index is 8.98. The topological polar surface area (TPSA) is 92.6 Å². The number of allylic oxidation sites excluding steroid dienone is 2. The third kappa shape index (κ3) is 3.77. The largest absolute Gasteiger partial charge is 0.489 e. The molecule has 0 aromatic heterocycles. The second-order valence-electron chi connectivity index (χ2n) is 3.87. The van der Waals surface area contributed by atoms with Crippen molar-refractivity contribution < 1.29 is 4.74 Å². The summed E-state index contributed by atoms with van der Waals surface area (Å²) in [6.45, 7) is 3.77. The van der Waals surface area contributed by atoms with Crippen LogP contribution in [0.5, 0.6) is 5.75 Å². The van der Waals surface area contributed by atoms with Gasteiger partial charge in [0.15, 0.2) is 5.57 Å². The molecule has 0 amide bonds. The Morgan fingerprint density at radius 1 is 1.11 bits per heavy atom. The number of ether oxygens (including phenoxy) is 1. The van der Waals surface area contributed by atoms with Crippen molar-refractivity contribution in [3.63, 3.8) is 0 Å². The highest BCUT2D eigenvalue weighted by Gasteiger charge is 2.10. The van der Waals surface area contributed by atoms with Gasteiger partial charge in [0, 0.05) is 0 Å². The molecular weight excluding hydrogens is 240 g/mol. The highest BCUT2D eigenvalue weighted by Crippen LogP contribution is 2.26. The number of nitriles is 3. The average molecular weight is 252 g/mol. The molecule has 0 bridgehead atoms. The molecule has 0 aliphatic rings. The van der Waals surface area contributed by atoms with Crippen molar-refractivity contribution in [3.05, 3.63) is 35.5 Å². The van der Waals surface area contributed by atoms with Gasteiger partial charge in [-0.1, -0.05) is 12.1 Å². The van der Waals surface area contributed by atoms with Crippen LogP contribution in [0.4, 0.5) is 5.69 Å². The summed E-state index contributed by atoms with van der Waals surface area (Å²) in [6, 6.07) is 12.2. The monoisotopic (exact) mass is 252 g/mol. The Bertz CT molecular complexity index is 596. The Morgan fingerprint density at radius 3 is 2.26 bits per heavy atom. The van der Waals surface area contributed by atoms with E-state index in [9.17, 15) is 0 Å². The third-order valence-corrected chi connectivity index (χ3v) is 2.09. The van der Waals surface area contributed by atoms with E-state index in [2.05, 4.69) is 5.32 Å². The van der Waals surface area contributed by atoms with Crippen LogP contribution in [-0.2, 0) is 0 Å². The molecule has 0 unspecified atom stereocenters. The van der Waals surface area contributed by atoms with Crippen LogP contribution in [0.2, 0.25) is 0 Å². The SMILES string of the molecule is CC(C)Oc1ccccc1NC(C#N)=C(C#N)C#N. The van der Waals surface area contributed by atoms with Crippen molar-refractivity contribution in [1.82, 2.24) is 0 Å². The molecule has 0 atom stereocenters. The number of benzene rings is 1. The van der Waals surface area contributed by atoms with Gasteiger partial charge in [-0.2, -0.15) is 15.8 Å². The lowest BCUT2D eigenvalue weighted by Crippen LogP contribution is -2.09. The van der Waals surface area contributed by atoms with E-state index in [0.717, 1.165) is 0 Å². The van der Waals surface area contributed by atoms with Gasteiger partial charge in [0.2, 0.25) is 0 Å². The predicted octanol–water partition coefficient (Wildman–Crippen LogP) is 2.71. The van der Waals surface area contributed by atoms with Crippen LogP contribution >= 0.6 is 0 Å². The lowest BCUT2D eigenvalue weighted by molar-refractivity contribution is 0.244. The molecule has 94 valence electrons. The van der Waals surface area contributed by atoms with Crippen LogP contribution in [-0.4, -0.2) is 6.10 Å². The Hall–Kier alpha value is -2.97. The van der Waals surface area contributed by atoms with Gasteiger partial charge < -0.3 is 10.1 Å². The average Bonchev–Trinajstić information content (AvgIpc) is 2.40. The minimum atomic E-state index is -0.262. The van der Waals surface area contributed by atoms with E-state index in [1.807, 2.05) is 13.8 Å². The summed E-state index contributed by atoms with van der Waals surface area (Å²) in [4.78, 5) is 0. The molecule has 0 fully saturated rings. The van der Waals surface area contributed by atoms with Gasteiger partial charge >= 0.3 is 0 Å². The van der Waals surface area contributed by atoms with E-state index in [4.69, 9.17) is 20.5 Å². The number of nitrogens with one attached hydrogen (secondary N) is 1. The van der Waals surface area contributed by atoms with Crippen LogP contribution in [0.1, 0.15) is 13.8 Å². The van der Waals surface area contributed by atoms with E-state index < -0.39 is 0 Å². The predicted molar refractivity (Wildman–Crippen MR) is 69.7 cm³/mol. The molecule has 1 aromatic carbocycles. The Kier molecular flexibility index (Phi) is 4.96. The van der Waals surface area contributed by atoms with E-state index >= 15 is 0 Å². The number of hydrogen-bond acceptors (Lipinski definition) is 5. The quantitative estimate of drug-likeness (QED) is 0.831. The number of rotatable bonds is 4. The van der Waals surface area contributed by atoms with Crippen LogP contribution in [0.3, 0.4) is 0 Å². The van der Waals surface area contributed by atoms with Gasteiger partial charge in [0.05, 0.1) is 11.8 Å². The molecule has 5 nitrogen and oxygen atoms in total. The fourth-order valence-electron chi connectivity index (χ4n) is 1.34. The summed E-state index contributed by atoms with van der Waals surface area (Å²) in [7, 11) is 0. The fourth-order valence-corrected chi connectivity index (χ4v) is 1.34. The fraction of sp³-hybridized carbons (Fsp3) is 0.214. The molecule has 0 saturated heterocycles. The zero-order valence-corrected chi connectivity index (χ0v) is 10.6. The van der Waals surface area contributed by atoms with Crippen molar-refractivity contribution in [3.8, 4) is 24.0 Å². The highest BCUT2D eigenvalue weighted by molar-refractivity contribution is 5.64. The molecule has 0 radical (unpaired) electrons. The minimum Gasteiger partial charge on any atom is -0.489 e. The molecule has 0 saturated carbocycles. The van der Waals surface area contributed by atoms with Crippen molar-refractivity contribution in [2.45, 2.75) is 20.0 Å². The van der Waals surface area contributed by atoms with Crippen molar-refractivity contribution >= 4 is 5.69 Å². The van der Waals surface area contributed by atoms with Gasteiger partial charge in [0.25, 0.3) is 0 Å². The maximum atomic E-state index is 8.98. The van der Waals surface area contributed by atoms with Crippen LogP contribution in [0, 0.1) is 34.0 Å². The number of nitrogens with zero attached hydrogens (tertiary/aromatic N) is 3. The zero-order chi connectivity index (χ0) is 14.3. The summed E-state index contributed by atoms with van der Waals surface area (Å²) in [5.41, 5.74) is 0.183. The molecule has 1 rings (SSSR count). The summed E-state index contributed by atoms with van der Waals surface area (Å²) in [5.74, 6) is 0.556. The number of para-hydroxylation sites is 2. The molecule has 19 heavy (non-hydrogen) atoms. The highest BCUT2D eigenvalue weighted by atomic mass is 16.5. The summed E-state index contributed by atoms with van der Waals surface area (Å²) in [6.07, 6.45) is -0.0242. The Labute approximate surface area is 112 Å². The van der Waals surface area contributed by atoms with E-state index in [1.54, 1.807) is 42.5 Å². The molecule has 1 aromatic rings. The van der Waals surface area contributed by atoms with Gasteiger partial charge in [-0.15, -0.1) is 0 Å². The molecule has 5 heteroatoms. The first-order valence-electron chi connectivity index (χ1n) is 5.59. The normalized spacial score (nSPS) is 8.84. The summed E-state index contributed by atoms with van der Waals surface area (Å²) >= 11 is 0. The second-order valence-corrected chi connectivity index (χ2v) is 3.87. The Morgan fingerprint density at radius 2 is 1.74 bits per heavy atom. The van der Waals surface area contributed by atoms with E-state index in [0.29, 0.717) is 11.4 Å². The number of hydrogen-bond donors (Lipinski definition) is 1. The molecular formula is C14H12N4O. The lowest BCUT2D eigenvalue weighted by atomic mass is 10.2. The van der Waals surface area contributed by atoms with Crippen molar-refractivity contribution in [2.24, 2.45) is 0 Å². The minimum absolute atomic E-state index is 0.0242. The smallest absolute Gasteiger partial charge is 0.163 e. The second kappa shape index (κ2) is 6.69. The van der Waals surface area contributed by atoms with Crippen molar-refractivity contribution in [1.29, 1.82) is 15.8 Å². The summed E-state index contributed by atoms with van der Waals surface area (Å²) in [5, 5.41) is 29.3. The van der Waals surface area contributed by atoms with Gasteiger partial charge in [-0.3, -0.25) is 0 Å². The van der Waals surface area contributed by atoms with E-state index in [1.165, 1.54) is 0 Å². The Balaban J connectivity index is 3.14. The standard InChI is InChI=1S/C14H12N4O/c1-10(2)19-14-6-4-3-5-12(14)18-13(9-17)11(7-15)8-16/h3-6,10,18H,1-2H3. The van der Waals surface area contributed by atoms with Gasteiger partial charge in [0.1, 0.15) is 29.7 Å². The molecule has 0 heterocycles. The third-order valence-electron chi connectivity index (χ3n) is 2.09. The summed E-state index contributed by atoms with van der Waals surface area (Å²) < 4.78 is 5.58. The van der Waals surface area contributed by atoms with Gasteiger partial charge in [-0.05, 0) is 26.0 Å². The van der Waals surface area contributed by atoms with Gasteiger partial charge in [-0.25, -0.2) is 0 Å². The molecule has 0 aliphatic heterocycles. The molecule has 0 spiro atoms. The first kappa shape index (κ1) is 14.1. The van der Waals surface area contributed by atoms with Crippen molar-refractivity contribution in [2.75, 3.05) is 5.32 Å². The first-order chi connectivity index (χ1) is 9.12. The van der Waals surface area contributed by atoms with Crippen LogP contribution in [0.15, 0.2) is 35.5 Å².